The molecule has 1 aromatic carbocycles. The van der Waals surface area contributed by atoms with E-state index in [1.165, 1.54) is 0 Å². The van der Waals surface area contributed by atoms with E-state index in [1.54, 1.807) is 0 Å². The van der Waals surface area contributed by atoms with E-state index in [0.29, 0.717) is 0 Å². The van der Waals surface area contributed by atoms with E-state index >= 15 is 0 Å². The Hall–Kier alpha value is -0.380. The molecule has 0 bridgehead atoms. The molecule has 0 radical (unpaired) electrons. The van der Waals surface area contributed by atoms with Crippen LogP contribution in [-0.4, -0.2) is 14.5 Å². The first kappa shape index (κ1) is 9.71. The molecule has 0 amide bonds. The van der Waals surface area contributed by atoms with E-state index in [1.807, 2.05) is 30.3 Å². The second kappa shape index (κ2) is 4.60. The molecule has 0 aromatic heterocycles. The van der Waals surface area contributed by atoms with Crippen molar-refractivity contribution in [1.29, 1.82) is 0 Å². The van der Waals surface area contributed by atoms with Gasteiger partial charge in [0, 0.05) is 5.75 Å². The predicted octanol–water partition coefficient (Wildman–Crippen LogP) is 1.85. The molecule has 66 valence electrons. The normalized spacial score (nSPS) is 15.5. The van der Waals surface area contributed by atoms with Crippen LogP contribution in [0.15, 0.2) is 30.3 Å². The van der Waals surface area contributed by atoms with E-state index in [2.05, 4.69) is 0 Å². The van der Waals surface area contributed by atoms with Crippen LogP contribution in [0.25, 0.3) is 0 Å². The number of alkyl halides is 1. The Bertz CT molecular complexity index is 263. The maximum atomic E-state index is 10.3. The van der Waals surface area contributed by atoms with Gasteiger partial charge in [0.1, 0.15) is 0 Å². The molecule has 0 spiro atoms. The van der Waals surface area contributed by atoms with Crippen LogP contribution in [0.1, 0.15) is 10.9 Å². The monoisotopic (exact) mass is 203 g/mol. The van der Waals surface area contributed by atoms with Gasteiger partial charge in [-0.25, -0.2) is 0 Å². The lowest BCUT2D eigenvalue weighted by atomic mass is 10.2. The topological polar surface area (TPSA) is 40.1 Å². The number of rotatable bonds is 3. The quantitative estimate of drug-likeness (QED) is 0.556. The molecular weight excluding hydrogens is 196 g/mol. The van der Waals surface area contributed by atoms with Gasteiger partial charge in [-0.2, -0.15) is 0 Å². The highest BCUT2D eigenvalue weighted by atomic mass is 35.5. The van der Waals surface area contributed by atoms with Crippen LogP contribution in [0.4, 0.5) is 0 Å². The van der Waals surface area contributed by atoms with E-state index < -0.39 is 16.5 Å². The third-order valence-electron chi connectivity index (χ3n) is 1.44. The summed E-state index contributed by atoms with van der Waals surface area (Å²) in [5.41, 5.74) is 0.836. The molecule has 0 aliphatic heterocycles. The molecule has 4 heteroatoms. The fourth-order valence-corrected chi connectivity index (χ4v) is 1.76. The predicted molar refractivity (Wildman–Crippen MR) is 48.8 cm³/mol. The number of halogens is 1. The van der Waals surface area contributed by atoms with Gasteiger partial charge in [-0.15, -0.1) is 11.6 Å². The van der Waals surface area contributed by atoms with Crippen molar-refractivity contribution in [3.05, 3.63) is 35.9 Å². The standard InChI is InChI=1S/C8H9ClO2S/c9-8(6-12(10)11)7-4-2-1-3-5-7/h1-5,8H,6H2,(H,10,11)/p-1. The summed E-state index contributed by atoms with van der Waals surface area (Å²) in [5.74, 6) is -0.0361. The molecule has 1 aromatic rings. The Morgan fingerprint density at radius 1 is 1.42 bits per heavy atom. The van der Waals surface area contributed by atoms with E-state index in [0.717, 1.165) is 5.56 Å². The Morgan fingerprint density at radius 2 is 2.00 bits per heavy atom. The van der Waals surface area contributed by atoms with Gasteiger partial charge in [-0.1, -0.05) is 41.4 Å². The van der Waals surface area contributed by atoms with Crippen molar-refractivity contribution in [3.63, 3.8) is 0 Å². The van der Waals surface area contributed by atoms with Crippen molar-refractivity contribution in [1.82, 2.24) is 0 Å². The van der Waals surface area contributed by atoms with Crippen molar-refractivity contribution < 1.29 is 8.76 Å². The largest absolute Gasteiger partial charge is 0.772 e. The molecule has 0 aliphatic carbocycles. The summed E-state index contributed by atoms with van der Waals surface area (Å²) in [6.07, 6.45) is 0. The van der Waals surface area contributed by atoms with E-state index in [4.69, 9.17) is 11.6 Å². The third kappa shape index (κ3) is 2.93. The average Bonchev–Trinajstić information content (AvgIpc) is 2.05. The Kier molecular flexibility index (Phi) is 3.72. The fraction of sp³-hybridized carbons (Fsp3) is 0.250. The second-order valence-electron chi connectivity index (χ2n) is 2.35. The molecular formula is C8H8ClO2S-. The first-order chi connectivity index (χ1) is 5.70. The third-order valence-corrected chi connectivity index (χ3v) is 2.64. The van der Waals surface area contributed by atoms with E-state index in [9.17, 15) is 8.76 Å². The smallest absolute Gasteiger partial charge is 0.0689 e. The van der Waals surface area contributed by atoms with Gasteiger partial charge >= 0.3 is 0 Å². The van der Waals surface area contributed by atoms with Crippen molar-refractivity contribution >= 4 is 22.7 Å². The summed E-state index contributed by atoms with van der Waals surface area (Å²) in [5, 5.41) is -0.440. The fourth-order valence-electron chi connectivity index (χ4n) is 0.878. The summed E-state index contributed by atoms with van der Waals surface area (Å²) in [6, 6.07) is 9.15. The minimum absolute atomic E-state index is 0.0361. The van der Waals surface area contributed by atoms with Crippen molar-refractivity contribution in [2.24, 2.45) is 0 Å². The molecule has 0 heterocycles. The molecule has 2 nitrogen and oxygen atoms in total. The van der Waals surface area contributed by atoms with Gasteiger partial charge in [-0.3, -0.25) is 4.21 Å². The molecule has 0 aliphatic rings. The summed E-state index contributed by atoms with van der Waals surface area (Å²) in [4.78, 5) is 0. The van der Waals surface area contributed by atoms with Gasteiger partial charge in [0.05, 0.1) is 5.38 Å². The zero-order valence-corrected chi connectivity index (χ0v) is 7.85. The first-order valence-corrected chi connectivity index (χ1v) is 5.13. The summed E-state index contributed by atoms with van der Waals surface area (Å²) >= 11 is 3.73. The average molecular weight is 204 g/mol. The van der Waals surface area contributed by atoms with Gasteiger partial charge < -0.3 is 4.55 Å². The number of benzene rings is 1. The van der Waals surface area contributed by atoms with Crippen molar-refractivity contribution in [3.8, 4) is 0 Å². The van der Waals surface area contributed by atoms with Crippen LogP contribution >= 0.6 is 11.6 Å². The molecule has 2 unspecified atom stereocenters. The number of hydrogen-bond donors (Lipinski definition) is 0. The highest BCUT2D eigenvalue weighted by Gasteiger charge is 2.05. The lowest BCUT2D eigenvalue weighted by Crippen LogP contribution is -2.02. The van der Waals surface area contributed by atoms with Crippen LogP contribution in [0, 0.1) is 0 Å². The van der Waals surface area contributed by atoms with Crippen molar-refractivity contribution in [2.75, 3.05) is 5.75 Å². The lowest BCUT2D eigenvalue weighted by Gasteiger charge is -2.10. The van der Waals surface area contributed by atoms with Crippen LogP contribution in [0.2, 0.25) is 0 Å². The maximum absolute atomic E-state index is 10.3. The Morgan fingerprint density at radius 3 is 2.50 bits per heavy atom. The minimum Gasteiger partial charge on any atom is -0.772 e. The molecule has 0 saturated heterocycles. The molecule has 2 atom stereocenters. The summed E-state index contributed by atoms with van der Waals surface area (Å²) < 4.78 is 20.6. The number of hydrogen-bond acceptors (Lipinski definition) is 2. The Labute approximate surface area is 78.8 Å². The molecule has 0 N–H and O–H groups in total. The highest BCUT2D eigenvalue weighted by molar-refractivity contribution is 7.79. The first-order valence-electron chi connectivity index (χ1n) is 3.45. The minimum atomic E-state index is -2.08. The maximum Gasteiger partial charge on any atom is 0.0689 e. The molecule has 12 heavy (non-hydrogen) atoms. The van der Waals surface area contributed by atoms with E-state index in [-0.39, 0.29) is 5.75 Å². The molecule has 1 rings (SSSR count). The van der Waals surface area contributed by atoms with Crippen LogP contribution in [-0.2, 0) is 11.1 Å². The van der Waals surface area contributed by atoms with Gasteiger partial charge in [0.15, 0.2) is 0 Å². The Balaban J connectivity index is 2.65. The molecule has 0 saturated carbocycles. The second-order valence-corrected chi connectivity index (χ2v) is 3.82. The van der Waals surface area contributed by atoms with Crippen LogP contribution < -0.4 is 0 Å². The van der Waals surface area contributed by atoms with Crippen LogP contribution in [0.3, 0.4) is 0 Å². The summed E-state index contributed by atoms with van der Waals surface area (Å²) in [6.45, 7) is 0. The SMILES string of the molecule is O=S([O-])CC(Cl)c1ccccc1. The van der Waals surface area contributed by atoms with Gasteiger partial charge in [0.25, 0.3) is 0 Å². The zero-order chi connectivity index (χ0) is 8.97. The van der Waals surface area contributed by atoms with Gasteiger partial charge in [0.2, 0.25) is 0 Å². The highest BCUT2D eigenvalue weighted by Crippen LogP contribution is 2.20. The van der Waals surface area contributed by atoms with Crippen LogP contribution in [0.5, 0.6) is 0 Å². The van der Waals surface area contributed by atoms with Crippen molar-refractivity contribution in [2.45, 2.75) is 5.38 Å². The summed E-state index contributed by atoms with van der Waals surface area (Å²) in [7, 11) is 0. The lowest BCUT2D eigenvalue weighted by molar-refractivity contribution is 0.536. The van der Waals surface area contributed by atoms with Gasteiger partial charge in [-0.05, 0) is 5.56 Å². The zero-order valence-electron chi connectivity index (χ0n) is 6.27. The molecule has 0 fully saturated rings.